The van der Waals surface area contributed by atoms with Crippen LogP contribution in [0.3, 0.4) is 0 Å². The van der Waals surface area contributed by atoms with Crippen LogP contribution in [0.15, 0.2) is 164 Å². The summed E-state index contributed by atoms with van der Waals surface area (Å²) in [7, 11) is 0. The fourth-order valence-corrected chi connectivity index (χ4v) is 6.18. The quantitative estimate of drug-likeness (QED) is 0.163. The molecule has 0 unspecified atom stereocenters. The van der Waals surface area contributed by atoms with E-state index in [0.29, 0.717) is 11.4 Å². The molecule has 8 aromatic rings. The molecule has 8 rings (SSSR count). The van der Waals surface area contributed by atoms with Crippen LogP contribution in [0.5, 0.6) is 5.75 Å². The Kier molecular flexibility index (Phi) is 8.83. The molecule has 0 atom stereocenters. The Morgan fingerprint density at radius 2 is 1.25 bits per heavy atom. The minimum atomic E-state index is 0. The largest absolute Gasteiger partial charge is 0.507 e. The van der Waals surface area contributed by atoms with E-state index < -0.39 is 0 Å². The zero-order chi connectivity index (χ0) is 31.6. The number of pyridine rings is 1. The van der Waals surface area contributed by atoms with Gasteiger partial charge in [0.05, 0.1) is 16.6 Å². The van der Waals surface area contributed by atoms with Gasteiger partial charge in [-0.25, -0.2) is 4.98 Å². The predicted octanol–water partition coefficient (Wildman–Crippen LogP) is 10.2. The van der Waals surface area contributed by atoms with E-state index in [1.165, 1.54) is 11.1 Å². The first kappa shape index (κ1) is 31.0. The van der Waals surface area contributed by atoms with Gasteiger partial charge in [0.1, 0.15) is 11.6 Å². The van der Waals surface area contributed by atoms with Crippen molar-refractivity contribution in [3.05, 3.63) is 181 Å². The number of para-hydroxylation sites is 2. The predicted molar refractivity (Wildman–Crippen MR) is 190 cm³/mol. The van der Waals surface area contributed by atoms with Crippen molar-refractivity contribution in [2.45, 2.75) is 6.42 Å². The van der Waals surface area contributed by atoms with Gasteiger partial charge in [-0.1, -0.05) is 114 Å². The van der Waals surface area contributed by atoms with Crippen molar-refractivity contribution in [3.8, 4) is 56.3 Å². The number of hydrogen-bond donors (Lipinski definition) is 1. The summed E-state index contributed by atoms with van der Waals surface area (Å²) in [5.74, 6) is 0.860. The number of aromatic nitrogens is 3. The summed E-state index contributed by atoms with van der Waals surface area (Å²) in [6, 6.07) is 57.0. The molecule has 0 bridgehead atoms. The number of hydrogen-bond acceptors (Lipinski definition) is 3. The zero-order valence-electron chi connectivity index (χ0n) is 25.9. The maximum absolute atomic E-state index is 11.0. The van der Waals surface area contributed by atoms with Gasteiger partial charge < -0.3 is 5.11 Å². The Bertz CT molecular complexity index is 2330. The van der Waals surface area contributed by atoms with Crippen molar-refractivity contribution in [2.75, 3.05) is 0 Å². The van der Waals surface area contributed by atoms with Gasteiger partial charge in [0.25, 0.3) is 0 Å². The third-order valence-electron chi connectivity index (χ3n) is 8.50. The van der Waals surface area contributed by atoms with Crippen LogP contribution in [-0.4, -0.2) is 19.6 Å². The summed E-state index contributed by atoms with van der Waals surface area (Å²) in [6.07, 6.45) is 2.71. The van der Waals surface area contributed by atoms with Crippen molar-refractivity contribution in [3.63, 3.8) is 0 Å². The van der Waals surface area contributed by atoms with Crippen LogP contribution in [-0.2, 0) is 27.5 Å². The van der Waals surface area contributed by atoms with Crippen LogP contribution in [0, 0.1) is 6.07 Å². The summed E-state index contributed by atoms with van der Waals surface area (Å²) in [6.45, 7) is 0. The van der Waals surface area contributed by atoms with Gasteiger partial charge in [-0.05, 0) is 65.1 Å². The Hall–Kier alpha value is -5.57. The van der Waals surface area contributed by atoms with Crippen LogP contribution in [0.2, 0.25) is 0 Å². The summed E-state index contributed by atoms with van der Waals surface area (Å²) in [5, 5.41) is 11.0. The molecule has 4 nitrogen and oxygen atoms in total. The van der Waals surface area contributed by atoms with Crippen molar-refractivity contribution in [1.82, 2.24) is 14.5 Å². The summed E-state index contributed by atoms with van der Waals surface area (Å²) in [4.78, 5) is 9.90. The monoisotopic (exact) mass is 799 g/mol. The standard InChI is InChI=1S/C43H30N3O.Pt/c47-41-20-8-7-17-38(41)43-45-42-37(34-15-9-16-35(28-34)39-29-33(25-26-44-39)32-13-5-2-6-14-32)18-10-19-40(42)46(43)36-23-21-31(22-24-36)27-30-11-3-1-4-12-30;/h1-26,29,47H,27H2;/q-1;. The molecular formula is C43H30N3OPt-. The topological polar surface area (TPSA) is 50.9 Å². The number of phenols is 1. The van der Waals surface area contributed by atoms with Gasteiger partial charge >= 0.3 is 0 Å². The fraction of sp³-hybridized carbons (Fsp3) is 0.0233. The molecule has 234 valence electrons. The molecular weight excluding hydrogens is 770 g/mol. The van der Waals surface area contributed by atoms with Gasteiger partial charge in [0.2, 0.25) is 0 Å². The average Bonchev–Trinajstić information content (AvgIpc) is 3.53. The molecule has 0 radical (unpaired) electrons. The first-order valence-electron chi connectivity index (χ1n) is 15.7. The molecule has 2 aromatic heterocycles. The van der Waals surface area contributed by atoms with Gasteiger partial charge in [-0.3, -0.25) is 9.55 Å². The molecule has 0 saturated heterocycles. The number of benzene rings is 6. The van der Waals surface area contributed by atoms with E-state index in [0.717, 1.165) is 56.7 Å². The third kappa shape index (κ3) is 6.11. The van der Waals surface area contributed by atoms with Crippen LogP contribution in [0.25, 0.3) is 61.6 Å². The molecule has 0 aliphatic heterocycles. The number of nitrogens with zero attached hydrogens (tertiary/aromatic N) is 3. The van der Waals surface area contributed by atoms with E-state index in [-0.39, 0.29) is 26.8 Å². The Labute approximate surface area is 294 Å². The van der Waals surface area contributed by atoms with Crippen molar-refractivity contribution in [2.24, 2.45) is 0 Å². The smallest absolute Gasteiger partial charge is 0.148 e. The second-order valence-corrected chi connectivity index (χ2v) is 11.6. The molecule has 1 N–H and O–H groups in total. The van der Waals surface area contributed by atoms with Crippen molar-refractivity contribution in [1.29, 1.82) is 0 Å². The normalized spacial score (nSPS) is 10.9. The van der Waals surface area contributed by atoms with E-state index in [1.807, 2.05) is 66.9 Å². The first-order valence-corrected chi connectivity index (χ1v) is 15.7. The Morgan fingerprint density at radius 3 is 2.04 bits per heavy atom. The SMILES string of the molecule is Oc1ccccc1-c1nc2c(-c3[c-]c(-c4cc(-c5ccccc5)ccn4)ccc3)cccc2n1-c1ccc(Cc2ccccc2)cc1.[Pt]. The molecule has 48 heavy (non-hydrogen) atoms. The van der Waals surface area contributed by atoms with E-state index in [2.05, 4.69) is 102 Å². The molecule has 0 saturated carbocycles. The summed E-state index contributed by atoms with van der Waals surface area (Å²) >= 11 is 0. The van der Waals surface area contributed by atoms with Gasteiger partial charge in [0.15, 0.2) is 0 Å². The van der Waals surface area contributed by atoms with Crippen molar-refractivity contribution >= 4 is 11.0 Å². The number of fused-ring (bicyclic) bond motifs is 1. The molecule has 0 amide bonds. The summed E-state index contributed by atoms with van der Waals surface area (Å²) < 4.78 is 2.13. The number of phenolic OH excluding ortho intramolecular Hbond substituents is 1. The van der Waals surface area contributed by atoms with Crippen LogP contribution < -0.4 is 0 Å². The summed E-state index contributed by atoms with van der Waals surface area (Å²) in [5.41, 5.74) is 11.8. The third-order valence-corrected chi connectivity index (χ3v) is 8.50. The number of rotatable bonds is 7. The fourth-order valence-electron chi connectivity index (χ4n) is 6.18. The van der Waals surface area contributed by atoms with Gasteiger partial charge in [-0.2, -0.15) is 0 Å². The number of imidazole rings is 1. The molecule has 6 aromatic carbocycles. The van der Waals surface area contributed by atoms with E-state index in [9.17, 15) is 5.11 Å². The molecule has 5 heteroatoms. The van der Waals surface area contributed by atoms with Crippen LogP contribution in [0.1, 0.15) is 11.1 Å². The van der Waals surface area contributed by atoms with Crippen LogP contribution in [0.4, 0.5) is 0 Å². The molecule has 2 heterocycles. The minimum Gasteiger partial charge on any atom is -0.507 e. The number of aromatic hydroxyl groups is 1. The molecule has 0 aliphatic rings. The van der Waals surface area contributed by atoms with E-state index in [1.54, 1.807) is 6.07 Å². The molecule has 0 spiro atoms. The van der Waals surface area contributed by atoms with E-state index in [4.69, 9.17) is 9.97 Å². The second kappa shape index (κ2) is 13.7. The molecule has 0 fully saturated rings. The second-order valence-electron chi connectivity index (χ2n) is 11.6. The van der Waals surface area contributed by atoms with Crippen LogP contribution >= 0.6 is 0 Å². The maximum Gasteiger partial charge on any atom is 0.148 e. The minimum absolute atomic E-state index is 0. The molecule has 0 aliphatic carbocycles. The van der Waals surface area contributed by atoms with Gasteiger partial charge in [-0.15, -0.1) is 29.8 Å². The van der Waals surface area contributed by atoms with E-state index >= 15 is 0 Å². The Morgan fingerprint density at radius 1 is 0.583 bits per heavy atom. The Balaban J connectivity index is 0.00000364. The average molecular weight is 800 g/mol. The van der Waals surface area contributed by atoms with Gasteiger partial charge in [0, 0.05) is 38.6 Å². The zero-order valence-corrected chi connectivity index (χ0v) is 28.2. The first-order chi connectivity index (χ1) is 23.2. The maximum atomic E-state index is 11.0. The van der Waals surface area contributed by atoms with Crippen molar-refractivity contribution < 1.29 is 26.2 Å².